The van der Waals surface area contributed by atoms with Crippen LogP contribution in [0.25, 0.3) is 0 Å². The summed E-state index contributed by atoms with van der Waals surface area (Å²) >= 11 is 5.74. The second kappa shape index (κ2) is 7.43. The van der Waals surface area contributed by atoms with Crippen molar-refractivity contribution in [2.24, 2.45) is 5.14 Å². The molecule has 0 bridgehead atoms. The van der Waals surface area contributed by atoms with Crippen LogP contribution in [0.4, 0.5) is 0 Å². The molecule has 0 spiro atoms. The van der Waals surface area contributed by atoms with Crippen LogP contribution in [0, 0.1) is 0 Å². The lowest BCUT2D eigenvalue weighted by atomic mass is 10.1. The number of sulfonamides is 1. The maximum atomic E-state index is 12.0. The van der Waals surface area contributed by atoms with Crippen molar-refractivity contribution in [3.63, 3.8) is 0 Å². The van der Waals surface area contributed by atoms with Crippen LogP contribution < -0.4 is 16.0 Å². The SMILES string of the molecule is NS(=O)(=O)c1cc(C(=O)NNC(=O)Cc2ccccc2)ccc1Cl. The van der Waals surface area contributed by atoms with Gasteiger partial charge in [-0.2, -0.15) is 0 Å². The van der Waals surface area contributed by atoms with E-state index in [1.54, 1.807) is 24.3 Å². The number of benzene rings is 2. The Hall–Kier alpha value is -2.42. The number of hydrogen-bond acceptors (Lipinski definition) is 4. The van der Waals surface area contributed by atoms with Gasteiger partial charge in [0.05, 0.1) is 11.4 Å². The lowest BCUT2D eigenvalue weighted by Gasteiger charge is -2.09. The van der Waals surface area contributed by atoms with Gasteiger partial charge in [0, 0.05) is 5.56 Å². The van der Waals surface area contributed by atoms with Crippen molar-refractivity contribution in [1.82, 2.24) is 10.9 Å². The number of primary sulfonamides is 1. The number of halogens is 1. The van der Waals surface area contributed by atoms with E-state index in [-0.39, 0.29) is 21.9 Å². The molecule has 2 amide bonds. The summed E-state index contributed by atoms with van der Waals surface area (Å²) in [5, 5.41) is 4.93. The lowest BCUT2D eigenvalue weighted by Crippen LogP contribution is -2.42. The van der Waals surface area contributed by atoms with Crippen LogP contribution in [0.1, 0.15) is 15.9 Å². The van der Waals surface area contributed by atoms with Crippen LogP contribution in [-0.2, 0) is 21.2 Å². The second-order valence-electron chi connectivity index (χ2n) is 4.85. The third-order valence-electron chi connectivity index (χ3n) is 3.02. The minimum atomic E-state index is -4.06. The van der Waals surface area contributed by atoms with Gasteiger partial charge in [-0.15, -0.1) is 0 Å². The summed E-state index contributed by atoms with van der Waals surface area (Å²) in [7, 11) is -4.06. The van der Waals surface area contributed by atoms with E-state index in [2.05, 4.69) is 10.9 Å². The second-order valence-corrected chi connectivity index (χ2v) is 6.79. The summed E-state index contributed by atoms with van der Waals surface area (Å²) < 4.78 is 22.8. The summed E-state index contributed by atoms with van der Waals surface area (Å²) in [6.07, 6.45) is 0.0875. The Morgan fingerprint density at radius 1 is 1.04 bits per heavy atom. The van der Waals surface area contributed by atoms with Gasteiger partial charge >= 0.3 is 0 Å². The van der Waals surface area contributed by atoms with E-state index in [0.29, 0.717) is 0 Å². The van der Waals surface area contributed by atoms with Gasteiger partial charge in [-0.25, -0.2) is 13.6 Å². The summed E-state index contributed by atoms with van der Waals surface area (Å²) in [6, 6.07) is 12.6. The van der Waals surface area contributed by atoms with Crippen molar-refractivity contribution in [2.75, 3.05) is 0 Å². The first-order valence-corrected chi connectivity index (χ1v) is 8.65. The van der Waals surface area contributed by atoms with Gasteiger partial charge in [0.2, 0.25) is 15.9 Å². The molecule has 4 N–H and O–H groups in total. The molecule has 0 heterocycles. The molecule has 126 valence electrons. The van der Waals surface area contributed by atoms with Crippen LogP contribution in [-0.4, -0.2) is 20.2 Å². The van der Waals surface area contributed by atoms with Gasteiger partial charge in [0.25, 0.3) is 5.91 Å². The van der Waals surface area contributed by atoms with Crippen LogP contribution in [0.5, 0.6) is 0 Å². The van der Waals surface area contributed by atoms with E-state index < -0.39 is 21.8 Å². The van der Waals surface area contributed by atoms with E-state index in [1.165, 1.54) is 12.1 Å². The highest BCUT2D eigenvalue weighted by molar-refractivity contribution is 7.89. The van der Waals surface area contributed by atoms with Crippen LogP contribution in [0.15, 0.2) is 53.4 Å². The first-order chi connectivity index (χ1) is 11.3. The van der Waals surface area contributed by atoms with Crippen molar-refractivity contribution < 1.29 is 18.0 Å². The maximum absolute atomic E-state index is 12.0. The topological polar surface area (TPSA) is 118 Å². The van der Waals surface area contributed by atoms with Gasteiger partial charge in [-0.1, -0.05) is 41.9 Å². The molecule has 7 nitrogen and oxygen atoms in total. The van der Waals surface area contributed by atoms with Gasteiger partial charge in [-0.05, 0) is 23.8 Å². The molecule has 0 aliphatic rings. The zero-order valence-electron chi connectivity index (χ0n) is 12.3. The molecule has 0 saturated heterocycles. The number of nitrogens with two attached hydrogens (primary N) is 1. The highest BCUT2D eigenvalue weighted by Gasteiger charge is 2.16. The Morgan fingerprint density at radius 3 is 2.33 bits per heavy atom. The molecule has 0 aromatic heterocycles. The molecule has 0 aliphatic carbocycles. The minimum Gasteiger partial charge on any atom is -0.273 e. The molecule has 0 aliphatic heterocycles. The highest BCUT2D eigenvalue weighted by atomic mass is 35.5. The van der Waals surface area contributed by atoms with Crippen molar-refractivity contribution in [2.45, 2.75) is 11.3 Å². The van der Waals surface area contributed by atoms with Gasteiger partial charge < -0.3 is 0 Å². The molecule has 0 unspecified atom stereocenters. The molecule has 2 aromatic carbocycles. The first-order valence-electron chi connectivity index (χ1n) is 6.73. The predicted molar refractivity (Wildman–Crippen MR) is 88.6 cm³/mol. The van der Waals surface area contributed by atoms with E-state index in [0.717, 1.165) is 11.6 Å². The van der Waals surface area contributed by atoms with Crippen molar-refractivity contribution in [1.29, 1.82) is 0 Å². The van der Waals surface area contributed by atoms with Crippen LogP contribution in [0.3, 0.4) is 0 Å². The first kappa shape index (κ1) is 17.9. The third-order valence-corrected chi connectivity index (χ3v) is 4.42. The van der Waals surface area contributed by atoms with Crippen molar-refractivity contribution >= 4 is 33.4 Å². The van der Waals surface area contributed by atoms with E-state index >= 15 is 0 Å². The fourth-order valence-corrected chi connectivity index (χ4v) is 2.96. The van der Waals surface area contributed by atoms with E-state index in [9.17, 15) is 18.0 Å². The summed E-state index contributed by atoms with van der Waals surface area (Å²) in [5.74, 6) is -1.12. The largest absolute Gasteiger partial charge is 0.273 e. The minimum absolute atomic E-state index is 0.0107. The number of nitrogens with one attached hydrogen (secondary N) is 2. The quantitative estimate of drug-likeness (QED) is 0.698. The molecule has 2 aromatic rings. The Kier molecular flexibility index (Phi) is 5.55. The zero-order valence-corrected chi connectivity index (χ0v) is 13.9. The average molecular weight is 368 g/mol. The number of carbonyl (C=O) groups excluding carboxylic acids is 2. The fraction of sp³-hybridized carbons (Fsp3) is 0.0667. The zero-order chi connectivity index (χ0) is 17.7. The van der Waals surface area contributed by atoms with Gasteiger partial charge in [0.1, 0.15) is 4.90 Å². The molecule has 0 atom stereocenters. The Bertz CT molecular complexity index is 870. The Labute approximate surface area is 143 Å². The van der Waals surface area contributed by atoms with Crippen LogP contribution >= 0.6 is 11.6 Å². The van der Waals surface area contributed by atoms with E-state index in [1.807, 2.05) is 6.07 Å². The number of rotatable bonds is 4. The van der Waals surface area contributed by atoms with Crippen molar-refractivity contribution in [3.8, 4) is 0 Å². The Balaban J connectivity index is 2.01. The predicted octanol–water partition coefficient (Wildman–Crippen LogP) is 0.991. The van der Waals surface area contributed by atoms with Gasteiger partial charge in [0.15, 0.2) is 0 Å². The Morgan fingerprint density at radius 2 is 1.71 bits per heavy atom. The molecule has 0 radical (unpaired) electrons. The summed E-state index contributed by atoms with van der Waals surface area (Å²) in [5.41, 5.74) is 5.22. The van der Waals surface area contributed by atoms with Crippen molar-refractivity contribution in [3.05, 3.63) is 64.7 Å². The molecule has 9 heteroatoms. The number of hydrogen-bond donors (Lipinski definition) is 3. The van der Waals surface area contributed by atoms with E-state index in [4.69, 9.17) is 16.7 Å². The third kappa shape index (κ3) is 4.79. The summed E-state index contributed by atoms with van der Waals surface area (Å²) in [4.78, 5) is 23.4. The standard InChI is InChI=1S/C15H14ClN3O4S/c16-12-7-6-11(9-13(12)24(17,22)23)15(21)19-18-14(20)8-10-4-2-1-3-5-10/h1-7,9H,8H2,(H,18,20)(H,19,21)(H2,17,22,23). The normalized spacial score (nSPS) is 10.9. The molecule has 24 heavy (non-hydrogen) atoms. The number of amides is 2. The number of carbonyl (C=O) groups is 2. The van der Waals surface area contributed by atoms with Gasteiger partial charge in [-0.3, -0.25) is 20.4 Å². The highest BCUT2D eigenvalue weighted by Crippen LogP contribution is 2.21. The molecular formula is C15H14ClN3O4S. The molecule has 0 saturated carbocycles. The summed E-state index contributed by atoms with van der Waals surface area (Å²) in [6.45, 7) is 0. The van der Waals surface area contributed by atoms with Crippen LogP contribution in [0.2, 0.25) is 5.02 Å². The fourth-order valence-electron chi connectivity index (χ4n) is 1.89. The number of hydrazine groups is 1. The lowest BCUT2D eigenvalue weighted by molar-refractivity contribution is -0.121. The molecule has 0 fully saturated rings. The smallest absolute Gasteiger partial charge is 0.269 e. The average Bonchev–Trinajstić information content (AvgIpc) is 2.53. The molecular weight excluding hydrogens is 354 g/mol. The molecule has 2 rings (SSSR count). The maximum Gasteiger partial charge on any atom is 0.269 e. The monoisotopic (exact) mass is 367 g/mol.